The maximum absolute atomic E-state index is 12.6. The van der Waals surface area contributed by atoms with Gasteiger partial charge in [0.05, 0.1) is 5.56 Å². The molecule has 1 amide bonds. The Morgan fingerprint density at radius 2 is 1.87 bits per heavy atom. The van der Waals surface area contributed by atoms with Gasteiger partial charge in [0, 0.05) is 18.4 Å². The maximum Gasteiger partial charge on any atom is 0.433 e. The number of carbonyl (C=O) groups is 1. The van der Waals surface area contributed by atoms with Crippen LogP contribution in [0.25, 0.3) is 0 Å². The van der Waals surface area contributed by atoms with Crippen LogP contribution in [0.15, 0.2) is 36.5 Å². The van der Waals surface area contributed by atoms with E-state index in [1.165, 1.54) is 4.90 Å². The van der Waals surface area contributed by atoms with Crippen molar-refractivity contribution in [1.82, 2.24) is 4.98 Å². The fourth-order valence-corrected chi connectivity index (χ4v) is 2.28. The molecule has 0 atom stereocenters. The van der Waals surface area contributed by atoms with Crippen molar-refractivity contribution in [1.29, 1.82) is 0 Å². The van der Waals surface area contributed by atoms with Crippen molar-refractivity contribution in [3.05, 3.63) is 58.9 Å². The summed E-state index contributed by atoms with van der Waals surface area (Å²) >= 11 is 0. The third kappa shape index (κ3) is 3.70. The lowest BCUT2D eigenvalue weighted by atomic mass is 10.1. The number of aryl methyl sites for hydroxylation is 2. The van der Waals surface area contributed by atoms with Crippen LogP contribution in [-0.4, -0.2) is 17.4 Å². The molecule has 0 radical (unpaired) electrons. The molecule has 122 valence electrons. The monoisotopic (exact) mass is 322 g/mol. The highest BCUT2D eigenvalue weighted by atomic mass is 19.4. The Labute approximate surface area is 132 Å². The predicted octanol–water partition coefficient (Wildman–Crippen LogP) is 4.38. The number of carbonyl (C=O) groups excluding carboxylic acids is 1. The number of hydrogen-bond acceptors (Lipinski definition) is 2. The summed E-state index contributed by atoms with van der Waals surface area (Å²) in [6, 6.07) is 7.72. The number of hydrogen-bond donors (Lipinski definition) is 0. The summed E-state index contributed by atoms with van der Waals surface area (Å²) in [5.74, 6) is -0.373. The van der Waals surface area contributed by atoms with Crippen LogP contribution in [0.3, 0.4) is 0 Å². The fourth-order valence-electron chi connectivity index (χ4n) is 2.28. The van der Waals surface area contributed by atoms with Gasteiger partial charge in [0.25, 0.3) is 5.91 Å². The van der Waals surface area contributed by atoms with E-state index in [4.69, 9.17) is 0 Å². The Bertz CT molecular complexity index is 709. The summed E-state index contributed by atoms with van der Waals surface area (Å²) in [5.41, 5.74) is 1.79. The van der Waals surface area contributed by atoms with Crippen molar-refractivity contribution in [2.75, 3.05) is 11.4 Å². The first kappa shape index (κ1) is 17.0. The van der Waals surface area contributed by atoms with Crippen molar-refractivity contribution >= 4 is 11.6 Å². The summed E-state index contributed by atoms with van der Waals surface area (Å²) in [5, 5.41) is 0. The summed E-state index contributed by atoms with van der Waals surface area (Å²) in [6.45, 7) is 6.03. The van der Waals surface area contributed by atoms with E-state index in [-0.39, 0.29) is 11.5 Å². The number of anilines is 1. The second kappa shape index (κ2) is 6.40. The van der Waals surface area contributed by atoms with E-state index >= 15 is 0 Å². The molecule has 0 spiro atoms. The molecule has 0 aliphatic rings. The van der Waals surface area contributed by atoms with E-state index in [1.807, 2.05) is 39.0 Å². The van der Waals surface area contributed by atoms with Gasteiger partial charge in [-0.25, -0.2) is 0 Å². The zero-order valence-electron chi connectivity index (χ0n) is 13.1. The molecular weight excluding hydrogens is 305 g/mol. The predicted molar refractivity (Wildman–Crippen MR) is 82.5 cm³/mol. The molecule has 0 fully saturated rings. The average molecular weight is 322 g/mol. The molecule has 3 nitrogen and oxygen atoms in total. The van der Waals surface area contributed by atoms with Gasteiger partial charge in [0.15, 0.2) is 0 Å². The van der Waals surface area contributed by atoms with E-state index < -0.39 is 11.9 Å². The molecule has 1 aromatic heterocycles. The van der Waals surface area contributed by atoms with Gasteiger partial charge in [-0.2, -0.15) is 13.2 Å². The first-order chi connectivity index (χ1) is 10.7. The zero-order valence-corrected chi connectivity index (χ0v) is 13.1. The number of aromatic nitrogens is 1. The number of nitrogens with zero attached hydrogens (tertiary/aromatic N) is 2. The van der Waals surface area contributed by atoms with E-state index in [0.717, 1.165) is 35.1 Å². The van der Waals surface area contributed by atoms with Crippen molar-refractivity contribution in [2.24, 2.45) is 0 Å². The standard InChI is InChI=1S/C17H17F3N2O/c1-4-22(14-9-11(2)5-6-12(14)3)16(23)13-7-8-15(21-10-13)17(18,19)20/h5-10H,4H2,1-3H3. The highest BCUT2D eigenvalue weighted by Crippen LogP contribution is 2.28. The number of benzene rings is 1. The van der Waals surface area contributed by atoms with Crippen LogP contribution >= 0.6 is 0 Å². The number of pyridine rings is 1. The zero-order chi connectivity index (χ0) is 17.2. The SMILES string of the molecule is CCN(C(=O)c1ccc(C(F)(F)F)nc1)c1cc(C)ccc1C. The van der Waals surface area contributed by atoms with Crippen LogP contribution in [0.5, 0.6) is 0 Å². The molecule has 0 saturated carbocycles. The van der Waals surface area contributed by atoms with Crippen molar-refractivity contribution in [3.8, 4) is 0 Å². The van der Waals surface area contributed by atoms with E-state index in [1.54, 1.807) is 0 Å². The number of amides is 1. The van der Waals surface area contributed by atoms with Crippen molar-refractivity contribution in [2.45, 2.75) is 26.9 Å². The summed E-state index contributed by atoms with van der Waals surface area (Å²) in [7, 11) is 0. The molecule has 0 bridgehead atoms. The molecule has 6 heteroatoms. The molecule has 23 heavy (non-hydrogen) atoms. The minimum Gasteiger partial charge on any atom is -0.308 e. The van der Waals surface area contributed by atoms with Crippen LogP contribution in [0.4, 0.5) is 18.9 Å². The van der Waals surface area contributed by atoms with Gasteiger partial charge >= 0.3 is 6.18 Å². The highest BCUT2D eigenvalue weighted by molar-refractivity contribution is 6.06. The van der Waals surface area contributed by atoms with Crippen LogP contribution in [0.1, 0.15) is 34.1 Å². The second-order valence-electron chi connectivity index (χ2n) is 5.27. The Morgan fingerprint density at radius 1 is 1.17 bits per heavy atom. The summed E-state index contributed by atoms with van der Waals surface area (Å²) < 4.78 is 37.6. The summed E-state index contributed by atoms with van der Waals surface area (Å²) in [4.78, 5) is 17.5. The smallest absolute Gasteiger partial charge is 0.308 e. The van der Waals surface area contributed by atoms with Crippen LogP contribution in [-0.2, 0) is 6.18 Å². The molecule has 0 aliphatic carbocycles. The lowest BCUT2D eigenvalue weighted by Crippen LogP contribution is -2.31. The molecule has 2 rings (SSSR count). The van der Waals surface area contributed by atoms with Crippen LogP contribution < -0.4 is 4.90 Å². The minimum atomic E-state index is -4.51. The summed E-state index contributed by atoms with van der Waals surface area (Å²) in [6.07, 6.45) is -3.54. The largest absolute Gasteiger partial charge is 0.433 e. The van der Waals surface area contributed by atoms with E-state index in [9.17, 15) is 18.0 Å². The van der Waals surface area contributed by atoms with Gasteiger partial charge in [-0.05, 0) is 50.1 Å². The molecule has 0 N–H and O–H groups in total. The Hall–Kier alpha value is -2.37. The van der Waals surface area contributed by atoms with Gasteiger partial charge in [-0.15, -0.1) is 0 Å². The molecule has 0 unspecified atom stereocenters. The second-order valence-corrected chi connectivity index (χ2v) is 5.27. The number of alkyl halides is 3. The minimum absolute atomic E-state index is 0.126. The third-order valence-electron chi connectivity index (χ3n) is 3.52. The maximum atomic E-state index is 12.6. The topological polar surface area (TPSA) is 33.2 Å². The van der Waals surface area contributed by atoms with E-state index in [2.05, 4.69) is 4.98 Å². The van der Waals surface area contributed by atoms with Crippen molar-refractivity contribution < 1.29 is 18.0 Å². The normalized spacial score (nSPS) is 11.4. The van der Waals surface area contributed by atoms with Crippen molar-refractivity contribution in [3.63, 3.8) is 0 Å². The first-order valence-electron chi connectivity index (χ1n) is 7.16. The molecule has 1 aromatic carbocycles. The van der Waals surface area contributed by atoms with Gasteiger partial charge < -0.3 is 4.90 Å². The number of rotatable bonds is 3. The third-order valence-corrected chi connectivity index (χ3v) is 3.52. The molecule has 1 heterocycles. The Kier molecular flexibility index (Phi) is 4.73. The van der Waals surface area contributed by atoms with Crippen LogP contribution in [0.2, 0.25) is 0 Å². The highest BCUT2D eigenvalue weighted by Gasteiger charge is 2.32. The fraction of sp³-hybridized carbons (Fsp3) is 0.294. The molecule has 2 aromatic rings. The Morgan fingerprint density at radius 3 is 2.39 bits per heavy atom. The lowest BCUT2D eigenvalue weighted by Gasteiger charge is -2.23. The van der Waals surface area contributed by atoms with Gasteiger partial charge in [-0.1, -0.05) is 12.1 Å². The number of halogens is 3. The Balaban J connectivity index is 2.35. The van der Waals surface area contributed by atoms with Crippen LogP contribution in [0, 0.1) is 13.8 Å². The van der Waals surface area contributed by atoms with Gasteiger partial charge in [-0.3, -0.25) is 9.78 Å². The first-order valence-corrected chi connectivity index (χ1v) is 7.16. The molecular formula is C17H17F3N2O. The quantitative estimate of drug-likeness (QED) is 0.840. The molecule has 0 aliphatic heterocycles. The molecule has 0 saturated heterocycles. The lowest BCUT2D eigenvalue weighted by molar-refractivity contribution is -0.141. The van der Waals surface area contributed by atoms with Gasteiger partial charge in [0.2, 0.25) is 0 Å². The average Bonchev–Trinajstić information content (AvgIpc) is 2.50. The van der Waals surface area contributed by atoms with E-state index in [0.29, 0.717) is 6.54 Å². The van der Waals surface area contributed by atoms with Gasteiger partial charge in [0.1, 0.15) is 5.69 Å².